The molecule has 1 N–H and O–H groups in total. The molecule has 12 heteroatoms. The SMILES string of the molecule is COCCOCCOCCNC(=O)c1ccc2c(c1)SSSSSSS2. The van der Waals surface area contributed by atoms with Crippen LogP contribution in [0.4, 0.5) is 0 Å². The van der Waals surface area contributed by atoms with Gasteiger partial charge < -0.3 is 19.5 Å². The molecular weight excluding hydrogens is 471 g/mol. The van der Waals surface area contributed by atoms with Gasteiger partial charge in [0.2, 0.25) is 0 Å². The van der Waals surface area contributed by atoms with Crippen molar-refractivity contribution in [2.24, 2.45) is 0 Å². The Balaban J connectivity index is 1.69. The monoisotopic (exact) mass is 489 g/mol. The van der Waals surface area contributed by atoms with Crippen LogP contribution in [0, 0.1) is 0 Å². The Hall–Kier alpha value is 1.02. The number of rotatable bonds is 10. The van der Waals surface area contributed by atoms with Crippen LogP contribution in [0.5, 0.6) is 0 Å². The van der Waals surface area contributed by atoms with Gasteiger partial charge >= 0.3 is 0 Å². The fraction of sp³-hybridized carbons (Fsp3) is 0.500. The zero-order valence-corrected chi connectivity index (χ0v) is 19.7. The second kappa shape index (κ2) is 14.9. The van der Waals surface area contributed by atoms with Crippen LogP contribution in [0.3, 0.4) is 0 Å². The number of hydrogen-bond acceptors (Lipinski definition) is 11. The van der Waals surface area contributed by atoms with E-state index in [1.54, 1.807) is 77.8 Å². The van der Waals surface area contributed by atoms with Crippen LogP contribution in [-0.4, -0.2) is 52.6 Å². The summed E-state index contributed by atoms with van der Waals surface area (Å²) >= 11 is 0. The predicted molar refractivity (Wildman–Crippen MR) is 122 cm³/mol. The highest BCUT2D eigenvalue weighted by molar-refractivity contribution is 9.46. The van der Waals surface area contributed by atoms with Crippen LogP contribution < -0.4 is 5.32 Å². The first kappa shape index (κ1) is 23.3. The van der Waals surface area contributed by atoms with E-state index in [0.717, 1.165) is 4.90 Å². The van der Waals surface area contributed by atoms with Crippen molar-refractivity contribution in [2.45, 2.75) is 9.79 Å². The molecule has 0 fully saturated rings. The van der Waals surface area contributed by atoms with Gasteiger partial charge in [-0.15, -0.1) is 0 Å². The van der Waals surface area contributed by atoms with Crippen LogP contribution in [0.15, 0.2) is 28.0 Å². The van der Waals surface area contributed by atoms with Crippen molar-refractivity contribution in [1.29, 1.82) is 0 Å². The minimum Gasteiger partial charge on any atom is -0.382 e. The van der Waals surface area contributed by atoms with E-state index in [9.17, 15) is 4.79 Å². The molecule has 1 aliphatic rings. The highest BCUT2D eigenvalue weighted by Crippen LogP contribution is 2.61. The largest absolute Gasteiger partial charge is 0.382 e. The van der Waals surface area contributed by atoms with Crippen LogP contribution in [0.2, 0.25) is 0 Å². The van der Waals surface area contributed by atoms with Gasteiger partial charge in [0.15, 0.2) is 0 Å². The molecule has 1 aromatic rings. The summed E-state index contributed by atoms with van der Waals surface area (Å²) in [7, 11) is 13.8. The summed E-state index contributed by atoms with van der Waals surface area (Å²) < 4.78 is 15.6. The third kappa shape index (κ3) is 9.48. The van der Waals surface area contributed by atoms with Gasteiger partial charge in [-0.2, -0.15) is 0 Å². The quantitative estimate of drug-likeness (QED) is 0.337. The van der Waals surface area contributed by atoms with Crippen molar-refractivity contribution in [3.05, 3.63) is 23.8 Å². The van der Waals surface area contributed by atoms with E-state index < -0.39 is 0 Å². The number of nitrogens with one attached hydrogen (secondary N) is 1. The average molecular weight is 490 g/mol. The van der Waals surface area contributed by atoms with E-state index in [2.05, 4.69) is 5.32 Å². The van der Waals surface area contributed by atoms with E-state index in [0.29, 0.717) is 45.1 Å². The summed E-state index contributed by atoms with van der Waals surface area (Å²) in [5.74, 6) is -0.0766. The van der Waals surface area contributed by atoms with Gasteiger partial charge in [-0.25, -0.2) is 0 Å². The third-order valence-electron chi connectivity index (χ3n) is 2.90. The highest BCUT2D eigenvalue weighted by atomic mass is 33.9. The number of hydrogen-bond donors (Lipinski definition) is 1. The second-order valence-corrected chi connectivity index (χ2v) is 15.7. The van der Waals surface area contributed by atoms with E-state index in [1.165, 1.54) is 4.90 Å². The molecular formula is C14H19NO4S7. The number of amides is 1. The Labute approximate surface area is 180 Å². The lowest BCUT2D eigenvalue weighted by molar-refractivity contribution is 0.0255. The van der Waals surface area contributed by atoms with Crippen molar-refractivity contribution in [1.82, 2.24) is 5.32 Å². The van der Waals surface area contributed by atoms with Gasteiger partial charge in [0.05, 0.1) is 33.0 Å². The maximum Gasteiger partial charge on any atom is 0.251 e. The Morgan fingerprint density at radius 1 is 0.885 bits per heavy atom. The van der Waals surface area contributed by atoms with E-state index in [1.807, 2.05) is 18.2 Å². The van der Waals surface area contributed by atoms with Gasteiger partial charge in [0.25, 0.3) is 5.91 Å². The van der Waals surface area contributed by atoms with Gasteiger partial charge in [-0.05, 0) is 88.9 Å². The molecule has 0 atom stereocenters. The van der Waals surface area contributed by atoms with Crippen LogP contribution in [0.1, 0.15) is 10.4 Å². The number of carbonyl (C=O) groups is 1. The van der Waals surface area contributed by atoms with E-state index in [-0.39, 0.29) is 5.91 Å². The topological polar surface area (TPSA) is 56.8 Å². The molecule has 0 bridgehead atoms. The Bertz CT molecular complexity index is 552. The molecule has 1 aromatic carbocycles. The van der Waals surface area contributed by atoms with E-state index >= 15 is 0 Å². The Morgan fingerprint density at radius 2 is 1.54 bits per heavy atom. The molecule has 0 unspecified atom stereocenters. The van der Waals surface area contributed by atoms with E-state index in [4.69, 9.17) is 14.2 Å². The molecule has 0 saturated heterocycles. The lowest BCUT2D eigenvalue weighted by Crippen LogP contribution is -2.27. The fourth-order valence-electron chi connectivity index (χ4n) is 1.72. The lowest BCUT2D eigenvalue weighted by Gasteiger charge is -2.09. The van der Waals surface area contributed by atoms with Gasteiger partial charge in [0, 0.05) is 29.0 Å². The maximum atomic E-state index is 12.3. The summed E-state index contributed by atoms with van der Waals surface area (Å²) in [5.41, 5.74) is 0.676. The van der Waals surface area contributed by atoms with Crippen LogP contribution >= 0.6 is 70.7 Å². The molecule has 5 nitrogen and oxygen atoms in total. The molecule has 26 heavy (non-hydrogen) atoms. The molecule has 0 aromatic heterocycles. The van der Waals surface area contributed by atoms with Gasteiger partial charge in [0.1, 0.15) is 0 Å². The standard InChI is InChI=1S/C14H19NO4S7/c1-17-6-7-19-9-8-18-5-4-15-14(16)11-2-3-12-13(10-11)21-23-25-26-24-22-20-12/h2-3,10H,4-9H2,1H3,(H,15,16). The number of fused-ring (bicyclic) bond motifs is 1. The molecule has 0 radical (unpaired) electrons. The van der Waals surface area contributed by atoms with Crippen molar-refractivity contribution < 1.29 is 19.0 Å². The maximum absolute atomic E-state index is 12.3. The molecule has 1 heterocycles. The zero-order chi connectivity index (χ0) is 18.5. The van der Waals surface area contributed by atoms with Crippen molar-refractivity contribution in [2.75, 3.05) is 46.7 Å². The smallest absolute Gasteiger partial charge is 0.251 e. The minimum atomic E-state index is -0.0766. The minimum absolute atomic E-state index is 0.0766. The number of carbonyl (C=O) groups excluding carboxylic acids is 1. The van der Waals surface area contributed by atoms with Gasteiger partial charge in [-0.1, -0.05) is 0 Å². The predicted octanol–water partition coefficient (Wildman–Crippen LogP) is 5.45. The molecule has 1 amide bonds. The third-order valence-corrected chi connectivity index (χ3v) is 15.8. The Morgan fingerprint density at radius 3 is 2.31 bits per heavy atom. The molecule has 2 rings (SSSR count). The number of ether oxygens (including phenoxy) is 3. The summed E-state index contributed by atoms with van der Waals surface area (Å²) in [6.07, 6.45) is 0. The van der Waals surface area contributed by atoms with Crippen LogP contribution in [-0.2, 0) is 14.2 Å². The summed E-state index contributed by atoms with van der Waals surface area (Å²) in [4.78, 5) is 14.6. The van der Waals surface area contributed by atoms with Gasteiger partial charge in [-0.3, -0.25) is 4.79 Å². The van der Waals surface area contributed by atoms with Crippen LogP contribution in [0.25, 0.3) is 0 Å². The second-order valence-electron chi connectivity index (χ2n) is 4.64. The molecule has 0 spiro atoms. The van der Waals surface area contributed by atoms with Crippen molar-refractivity contribution >= 4 is 76.6 Å². The molecule has 0 aliphatic carbocycles. The first-order chi connectivity index (χ1) is 12.8. The normalized spacial score (nSPS) is 14.8. The first-order valence-corrected chi connectivity index (χ1v) is 16.4. The lowest BCUT2D eigenvalue weighted by atomic mass is 10.2. The summed E-state index contributed by atoms with van der Waals surface area (Å²) in [6, 6.07) is 5.85. The molecule has 0 saturated carbocycles. The fourth-order valence-corrected chi connectivity index (χ4v) is 16.1. The number of benzene rings is 1. The summed E-state index contributed by atoms with van der Waals surface area (Å²) in [5, 5.41) is 2.89. The van der Waals surface area contributed by atoms with Crippen molar-refractivity contribution in [3.63, 3.8) is 0 Å². The first-order valence-electron chi connectivity index (χ1n) is 7.56. The molecule has 1 aliphatic heterocycles. The number of methoxy groups -OCH3 is 1. The Kier molecular flexibility index (Phi) is 13.4. The molecule has 146 valence electrons. The zero-order valence-electron chi connectivity index (χ0n) is 14.0. The summed E-state index contributed by atoms with van der Waals surface area (Å²) in [6.45, 7) is 3.13. The highest BCUT2D eigenvalue weighted by Gasteiger charge is 2.13. The average Bonchev–Trinajstić information content (AvgIpc) is 2.77. The van der Waals surface area contributed by atoms with Crippen molar-refractivity contribution in [3.8, 4) is 0 Å².